The maximum atomic E-state index is 5.36. The van der Waals surface area contributed by atoms with Crippen LogP contribution in [0.5, 0.6) is 0 Å². The highest BCUT2D eigenvalue weighted by atomic mass is 16.5. The van der Waals surface area contributed by atoms with E-state index in [1.54, 1.807) is 4.68 Å². The molecule has 0 spiro atoms. The van der Waals surface area contributed by atoms with Crippen LogP contribution in [0.4, 0.5) is 0 Å². The molecule has 0 aliphatic heterocycles. The maximum absolute atomic E-state index is 5.36. The number of hydrogen-bond donors (Lipinski definition) is 1. The van der Waals surface area contributed by atoms with Crippen molar-refractivity contribution in [1.29, 1.82) is 0 Å². The molecule has 0 aromatic carbocycles. The predicted molar refractivity (Wildman–Crippen MR) is 49.2 cm³/mol. The first kappa shape index (κ1) is 10.1. The van der Waals surface area contributed by atoms with E-state index in [1.165, 1.54) is 0 Å². The molecular formula is C8H16N4O. The molecule has 0 aliphatic carbocycles. The number of rotatable bonds is 6. The lowest BCUT2D eigenvalue weighted by molar-refractivity contribution is 0.120. The summed E-state index contributed by atoms with van der Waals surface area (Å²) in [5, 5.41) is 10.9. The number of nitrogens with zero attached hydrogens (tertiary/aromatic N) is 3. The van der Waals surface area contributed by atoms with Gasteiger partial charge in [-0.25, -0.2) is 0 Å². The normalized spacial score (nSPS) is 10.6. The Hall–Kier alpha value is -0.940. The van der Waals surface area contributed by atoms with Crippen molar-refractivity contribution in [3.05, 3.63) is 11.9 Å². The van der Waals surface area contributed by atoms with Gasteiger partial charge in [0, 0.05) is 13.6 Å². The minimum atomic E-state index is 0.541. The molecule has 1 heterocycles. The number of aromatic nitrogens is 3. The average molecular weight is 184 g/mol. The Morgan fingerprint density at radius 2 is 2.46 bits per heavy atom. The van der Waals surface area contributed by atoms with Crippen LogP contribution in [0.25, 0.3) is 0 Å². The Kier molecular flexibility index (Phi) is 4.42. The van der Waals surface area contributed by atoms with Gasteiger partial charge in [0.2, 0.25) is 0 Å². The Bertz CT molecular complexity index is 236. The Morgan fingerprint density at radius 3 is 3.08 bits per heavy atom. The molecule has 1 N–H and O–H groups in total. The molecule has 0 aliphatic rings. The zero-order chi connectivity index (χ0) is 9.52. The smallest absolute Gasteiger partial charge is 0.108 e. The van der Waals surface area contributed by atoms with Crippen LogP contribution in [0.2, 0.25) is 0 Å². The van der Waals surface area contributed by atoms with Crippen molar-refractivity contribution >= 4 is 0 Å². The molecule has 0 radical (unpaired) electrons. The van der Waals surface area contributed by atoms with E-state index in [0.717, 1.165) is 18.8 Å². The Labute approximate surface area is 78.1 Å². The number of likely N-dealkylation sites (N-methyl/N-ethyl adjacent to an activating group) is 1. The van der Waals surface area contributed by atoms with E-state index < -0.39 is 0 Å². The van der Waals surface area contributed by atoms with E-state index in [9.17, 15) is 0 Å². The number of ether oxygens (including phenoxy) is 1. The molecular weight excluding hydrogens is 168 g/mol. The zero-order valence-corrected chi connectivity index (χ0v) is 8.16. The first-order valence-corrected chi connectivity index (χ1v) is 4.46. The molecule has 1 aromatic rings. The molecule has 13 heavy (non-hydrogen) atoms. The summed E-state index contributed by atoms with van der Waals surface area (Å²) in [6.07, 6.45) is 1.85. The van der Waals surface area contributed by atoms with Crippen molar-refractivity contribution in [2.75, 3.05) is 19.7 Å². The van der Waals surface area contributed by atoms with E-state index in [0.29, 0.717) is 13.2 Å². The SMILES string of the molecule is CCNCCOCc1cn(C)nn1. The van der Waals surface area contributed by atoms with Gasteiger partial charge >= 0.3 is 0 Å². The van der Waals surface area contributed by atoms with E-state index >= 15 is 0 Å². The largest absolute Gasteiger partial charge is 0.374 e. The molecule has 0 atom stereocenters. The fourth-order valence-corrected chi connectivity index (χ4v) is 0.959. The molecule has 0 saturated heterocycles. The van der Waals surface area contributed by atoms with Crippen molar-refractivity contribution < 1.29 is 4.74 Å². The lowest BCUT2D eigenvalue weighted by atomic mass is 10.5. The highest BCUT2D eigenvalue weighted by molar-refractivity contribution is 4.88. The topological polar surface area (TPSA) is 52.0 Å². The summed E-state index contributed by atoms with van der Waals surface area (Å²) in [6, 6.07) is 0. The van der Waals surface area contributed by atoms with Crippen molar-refractivity contribution in [3.63, 3.8) is 0 Å². The van der Waals surface area contributed by atoms with Gasteiger partial charge in [-0.2, -0.15) is 0 Å². The van der Waals surface area contributed by atoms with Crippen molar-refractivity contribution in [2.24, 2.45) is 7.05 Å². The first-order chi connectivity index (χ1) is 6.33. The monoisotopic (exact) mass is 184 g/mol. The summed E-state index contributed by atoms with van der Waals surface area (Å²) >= 11 is 0. The fraction of sp³-hybridized carbons (Fsp3) is 0.750. The summed E-state index contributed by atoms with van der Waals surface area (Å²) in [6.45, 7) is 5.19. The molecule has 0 bridgehead atoms. The summed E-state index contributed by atoms with van der Waals surface area (Å²) < 4.78 is 7.03. The van der Waals surface area contributed by atoms with Gasteiger partial charge in [-0.15, -0.1) is 5.10 Å². The van der Waals surface area contributed by atoms with E-state index in [2.05, 4.69) is 22.6 Å². The van der Waals surface area contributed by atoms with E-state index in [1.807, 2.05) is 13.2 Å². The van der Waals surface area contributed by atoms with Gasteiger partial charge < -0.3 is 10.1 Å². The lowest BCUT2D eigenvalue weighted by Gasteiger charge is -2.01. The second-order valence-electron chi connectivity index (χ2n) is 2.79. The van der Waals surface area contributed by atoms with Gasteiger partial charge in [0.05, 0.1) is 19.4 Å². The number of aryl methyl sites for hydroxylation is 1. The van der Waals surface area contributed by atoms with Gasteiger partial charge in [-0.3, -0.25) is 4.68 Å². The van der Waals surface area contributed by atoms with Gasteiger partial charge in [-0.1, -0.05) is 12.1 Å². The minimum Gasteiger partial charge on any atom is -0.374 e. The summed E-state index contributed by atoms with van der Waals surface area (Å²) in [4.78, 5) is 0. The number of hydrogen-bond acceptors (Lipinski definition) is 4. The summed E-state index contributed by atoms with van der Waals surface area (Å²) in [5.74, 6) is 0. The highest BCUT2D eigenvalue weighted by Crippen LogP contribution is 1.93. The van der Waals surface area contributed by atoms with Crippen LogP contribution >= 0.6 is 0 Å². The standard InChI is InChI=1S/C8H16N4O/c1-3-9-4-5-13-7-8-6-12(2)11-10-8/h6,9H,3-5,7H2,1-2H3. The van der Waals surface area contributed by atoms with Crippen LogP contribution in [0.1, 0.15) is 12.6 Å². The lowest BCUT2D eigenvalue weighted by Crippen LogP contribution is -2.18. The summed E-state index contributed by atoms with van der Waals surface area (Å²) in [7, 11) is 1.84. The van der Waals surface area contributed by atoms with Gasteiger partial charge in [0.1, 0.15) is 5.69 Å². The second-order valence-corrected chi connectivity index (χ2v) is 2.79. The molecule has 0 unspecified atom stereocenters. The van der Waals surface area contributed by atoms with Crippen LogP contribution in [0.15, 0.2) is 6.20 Å². The first-order valence-electron chi connectivity index (χ1n) is 4.46. The van der Waals surface area contributed by atoms with E-state index in [-0.39, 0.29) is 0 Å². The van der Waals surface area contributed by atoms with Crippen LogP contribution in [0.3, 0.4) is 0 Å². The van der Waals surface area contributed by atoms with E-state index in [4.69, 9.17) is 4.74 Å². The van der Waals surface area contributed by atoms with Crippen LogP contribution in [-0.4, -0.2) is 34.7 Å². The zero-order valence-electron chi connectivity index (χ0n) is 8.16. The molecule has 0 fully saturated rings. The average Bonchev–Trinajstić information content (AvgIpc) is 2.51. The third-order valence-corrected chi connectivity index (χ3v) is 1.57. The predicted octanol–water partition coefficient (Wildman–Crippen LogP) is -0.0588. The van der Waals surface area contributed by atoms with Gasteiger partial charge in [-0.05, 0) is 6.54 Å². The van der Waals surface area contributed by atoms with Crippen LogP contribution < -0.4 is 5.32 Å². The molecule has 1 aromatic heterocycles. The van der Waals surface area contributed by atoms with Crippen molar-refractivity contribution in [2.45, 2.75) is 13.5 Å². The van der Waals surface area contributed by atoms with Gasteiger partial charge in [0.15, 0.2) is 0 Å². The third-order valence-electron chi connectivity index (χ3n) is 1.57. The Morgan fingerprint density at radius 1 is 1.62 bits per heavy atom. The third kappa shape index (κ3) is 4.00. The molecule has 5 heteroatoms. The molecule has 1 rings (SSSR count). The molecule has 74 valence electrons. The molecule has 5 nitrogen and oxygen atoms in total. The maximum Gasteiger partial charge on any atom is 0.108 e. The molecule has 0 saturated carbocycles. The highest BCUT2D eigenvalue weighted by Gasteiger charge is 1.96. The van der Waals surface area contributed by atoms with Gasteiger partial charge in [0.25, 0.3) is 0 Å². The van der Waals surface area contributed by atoms with Crippen molar-refractivity contribution in [3.8, 4) is 0 Å². The Balaban J connectivity index is 2.06. The molecule has 0 amide bonds. The fourth-order valence-electron chi connectivity index (χ4n) is 0.959. The summed E-state index contributed by atoms with van der Waals surface area (Å²) in [5.41, 5.74) is 0.874. The number of nitrogens with one attached hydrogen (secondary N) is 1. The quantitative estimate of drug-likeness (QED) is 0.629. The second kappa shape index (κ2) is 5.66. The minimum absolute atomic E-state index is 0.541. The van der Waals surface area contributed by atoms with Crippen molar-refractivity contribution in [1.82, 2.24) is 20.3 Å². The van der Waals surface area contributed by atoms with Crippen LogP contribution in [-0.2, 0) is 18.4 Å². The van der Waals surface area contributed by atoms with Crippen LogP contribution in [0, 0.1) is 0 Å².